The number of rotatable bonds is 2. The molecule has 0 amide bonds. The van der Waals surface area contributed by atoms with Crippen LogP contribution in [0.2, 0.25) is 0 Å². The molecule has 0 spiro atoms. The van der Waals surface area contributed by atoms with Gasteiger partial charge in [0.1, 0.15) is 11.8 Å². The van der Waals surface area contributed by atoms with E-state index in [0.717, 1.165) is 22.8 Å². The molecule has 0 aliphatic heterocycles. The third kappa shape index (κ3) is 2.94. The minimum Gasteiger partial charge on any atom is -0.497 e. The number of nitrogens with zero attached hydrogens (tertiary/aromatic N) is 3. The highest BCUT2D eigenvalue weighted by Crippen LogP contribution is 2.19. The van der Waals surface area contributed by atoms with E-state index in [1.807, 2.05) is 52.0 Å². The quantitative estimate of drug-likeness (QED) is 0.828. The van der Waals surface area contributed by atoms with Crippen molar-refractivity contribution in [2.75, 3.05) is 7.11 Å². The summed E-state index contributed by atoms with van der Waals surface area (Å²) >= 11 is 0. The Kier molecular flexibility index (Phi) is 5.13. The van der Waals surface area contributed by atoms with E-state index in [1.54, 1.807) is 11.8 Å². The minimum absolute atomic E-state index is 0.640. The monoisotopic (exact) mass is 257 g/mol. The van der Waals surface area contributed by atoms with Crippen LogP contribution >= 0.6 is 0 Å². The summed E-state index contributed by atoms with van der Waals surface area (Å²) in [5.74, 6) is 0.802. The van der Waals surface area contributed by atoms with Gasteiger partial charge in [0.05, 0.1) is 29.7 Å². The molecule has 0 N–H and O–H groups in total. The zero-order chi connectivity index (χ0) is 14.4. The molecule has 2 aromatic rings. The van der Waals surface area contributed by atoms with Crippen molar-refractivity contribution >= 4 is 0 Å². The van der Waals surface area contributed by atoms with E-state index in [2.05, 4.69) is 11.2 Å². The first-order valence-electron chi connectivity index (χ1n) is 6.28. The molecule has 0 unspecified atom stereocenters. The Morgan fingerprint density at radius 2 is 1.74 bits per heavy atom. The van der Waals surface area contributed by atoms with E-state index in [9.17, 15) is 0 Å². The molecule has 0 bridgehead atoms. The van der Waals surface area contributed by atoms with Gasteiger partial charge < -0.3 is 4.74 Å². The van der Waals surface area contributed by atoms with Gasteiger partial charge in [0.15, 0.2) is 0 Å². The first kappa shape index (κ1) is 14.8. The summed E-state index contributed by atoms with van der Waals surface area (Å²) in [6.07, 6.45) is 0. The molecule has 100 valence electrons. The van der Waals surface area contributed by atoms with Crippen LogP contribution in [0.5, 0.6) is 5.75 Å². The van der Waals surface area contributed by atoms with Crippen LogP contribution in [-0.4, -0.2) is 16.9 Å². The van der Waals surface area contributed by atoms with Gasteiger partial charge in [-0.1, -0.05) is 13.8 Å². The molecule has 4 heteroatoms. The molecule has 0 atom stereocenters. The molecule has 0 radical (unpaired) electrons. The summed E-state index contributed by atoms with van der Waals surface area (Å²) in [6.45, 7) is 7.73. The van der Waals surface area contributed by atoms with Gasteiger partial charge in [-0.05, 0) is 38.1 Å². The van der Waals surface area contributed by atoms with Crippen molar-refractivity contribution in [2.45, 2.75) is 27.7 Å². The van der Waals surface area contributed by atoms with Gasteiger partial charge in [0.2, 0.25) is 0 Å². The van der Waals surface area contributed by atoms with Crippen molar-refractivity contribution in [1.29, 1.82) is 5.26 Å². The Bertz CT molecular complexity index is 577. The molecule has 0 aliphatic carbocycles. The third-order valence-corrected chi connectivity index (χ3v) is 2.72. The maximum atomic E-state index is 9.02. The fraction of sp³-hybridized carbons (Fsp3) is 0.333. The number of aryl methyl sites for hydroxylation is 1. The summed E-state index contributed by atoms with van der Waals surface area (Å²) in [4.78, 5) is 0. The smallest absolute Gasteiger partial charge is 0.119 e. The normalized spacial score (nSPS) is 9.26. The molecule has 0 fully saturated rings. The highest BCUT2D eigenvalue weighted by molar-refractivity contribution is 5.44. The van der Waals surface area contributed by atoms with Crippen LogP contribution < -0.4 is 4.74 Å². The maximum Gasteiger partial charge on any atom is 0.119 e. The van der Waals surface area contributed by atoms with Crippen molar-refractivity contribution in [2.24, 2.45) is 0 Å². The molecule has 2 rings (SSSR count). The van der Waals surface area contributed by atoms with E-state index < -0.39 is 0 Å². The van der Waals surface area contributed by atoms with Crippen LogP contribution in [0.3, 0.4) is 0 Å². The zero-order valence-corrected chi connectivity index (χ0v) is 12.1. The number of aromatic nitrogens is 2. The maximum absolute atomic E-state index is 9.02. The lowest BCUT2D eigenvalue weighted by Gasteiger charge is -2.05. The Morgan fingerprint density at radius 3 is 2.16 bits per heavy atom. The summed E-state index contributed by atoms with van der Waals surface area (Å²) < 4.78 is 6.87. The predicted molar refractivity (Wildman–Crippen MR) is 75.7 cm³/mol. The second-order valence-corrected chi connectivity index (χ2v) is 3.77. The fourth-order valence-corrected chi connectivity index (χ4v) is 1.78. The molecule has 0 saturated carbocycles. The van der Waals surface area contributed by atoms with Gasteiger partial charge in [-0.2, -0.15) is 10.4 Å². The number of benzene rings is 1. The summed E-state index contributed by atoms with van der Waals surface area (Å²) in [5.41, 5.74) is 3.17. The SMILES string of the molecule is CC.COc1ccc(-n2nc(C)c(C#N)c2C)cc1. The zero-order valence-electron chi connectivity index (χ0n) is 12.1. The standard InChI is InChI=1S/C13H13N3O.C2H6/c1-9-13(8-14)10(2)16(15-9)11-4-6-12(17-3)7-5-11;1-2/h4-7H,1-3H3;1-2H3. The molecule has 1 heterocycles. The second-order valence-electron chi connectivity index (χ2n) is 3.77. The van der Waals surface area contributed by atoms with Crippen LogP contribution in [-0.2, 0) is 0 Å². The molecule has 19 heavy (non-hydrogen) atoms. The first-order valence-corrected chi connectivity index (χ1v) is 6.28. The largest absolute Gasteiger partial charge is 0.497 e. The number of nitriles is 1. The lowest BCUT2D eigenvalue weighted by Crippen LogP contribution is -1.99. The van der Waals surface area contributed by atoms with Gasteiger partial charge >= 0.3 is 0 Å². The van der Waals surface area contributed by atoms with Crippen molar-refractivity contribution in [3.63, 3.8) is 0 Å². The van der Waals surface area contributed by atoms with Crippen LogP contribution in [0.25, 0.3) is 5.69 Å². The molecular formula is C15H19N3O. The van der Waals surface area contributed by atoms with Gasteiger partial charge in [0.25, 0.3) is 0 Å². The van der Waals surface area contributed by atoms with E-state index in [1.165, 1.54) is 0 Å². The number of ether oxygens (including phenoxy) is 1. The van der Waals surface area contributed by atoms with Crippen LogP contribution in [0.15, 0.2) is 24.3 Å². The van der Waals surface area contributed by atoms with Gasteiger partial charge in [-0.15, -0.1) is 0 Å². The molecule has 4 nitrogen and oxygen atoms in total. The highest BCUT2D eigenvalue weighted by Gasteiger charge is 2.11. The Hall–Kier alpha value is -2.28. The lowest BCUT2D eigenvalue weighted by molar-refractivity contribution is 0.414. The number of hydrogen-bond acceptors (Lipinski definition) is 3. The van der Waals surface area contributed by atoms with Crippen LogP contribution in [0, 0.1) is 25.2 Å². The van der Waals surface area contributed by atoms with Gasteiger partial charge in [-0.25, -0.2) is 4.68 Å². The van der Waals surface area contributed by atoms with Crippen molar-refractivity contribution < 1.29 is 4.74 Å². The lowest BCUT2D eigenvalue weighted by atomic mass is 10.2. The second kappa shape index (κ2) is 6.60. The number of hydrogen-bond donors (Lipinski definition) is 0. The number of methoxy groups -OCH3 is 1. The van der Waals surface area contributed by atoms with Gasteiger partial charge in [0, 0.05) is 0 Å². The summed E-state index contributed by atoms with van der Waals surface area (Å²) in [6, 6.07) is 9.75. The molecule has 1 aromatic carbocycles. The van der Waals surface area contributed by atoms with Gasteiger partial charge in [-0.3, -0.25) is 0 Å². The third-order valence-electron chi connectivity index (χ3n) is 2.72. The molecule has 0 saturated heterocycles. The Morgan fingerprint density at radius 1 is 1.16 bits per heavy atom. The average molecular weight is 257 g/mol. The average Bonchev–Trinajstić information content (AvgIpc) is 2.75. The molecule has 0 aliphatic rings. The minimum atomic E-state index is 0.640. The Balaban J connectivity index is 0.000000861. The van der Waals surface area contributed by atoms with Crippen molar-refractivity contribution in [3.8, 4) is 17.5 Å². The molecular weight excluding hydrogens is 238 g/mol. The fourth-order valence-electron chi connectivity index (χ4n) is 1.78. The predicted octanol–water partition coefficient (Wildman–Crippen LogP) is 3.40. The van der Waals surface area contributed by atoms with Crippen LogP contribution in [0.4, 0.5) is 0 Å². The Labute approximate surface area is 114 Å². The van der Waals surface area contributed by atoms with E-state index in [-0.39, 0.29) is 0 Å². The topological polar surface area (TPSA) is 50.8 Å². The van der Waals surface area contributed by atoms with E-state index >= 15 is 0 Å². The molecule has 1 aromatic heterocycles. The van der Waals surface area contributed by atoms with Crippen LogP contribution in [0.1, 0.15) is 30.8 Å². The summed E-state index contributed by atoms with van der Waals surface area (Å²) in [5, 5.41) is 13.4. The highest BCUT2D eigenvalue weighted by atomic mass is 16.5. The first-order chi connectivity index (χ1) is 9.17. The summed E-state index contributed by atoms with van der Waals surface area (Å²) in [7, 11) is 1.63. The van der Waals surface area contributed by atoms with Crippen molar-refractivity contribution in [1.82, 2.24) is 9.78 Å². The van der Waals surface area contributed by atoms with Crippen molar-refractivity contribution in [3.05, 3.63) is 41.2 Å². The van der Waals surface area contributed by atoms with E-state index in [0.29, 0.717) is 5.56 Å². The van der Waals surface area contributed by atoms with E-state index in [4.69, 9.17) is 10.00 Å².